The Hall–Kier alpha value is -1.19. The number of aromatic nitrogens is 1. The number of aryl methyl sites for hydroxylation is 2. The van der Waals surface area contributed by atoms with Crippen molar-refractivity contribution in [3.05, 3.63) is 51.5 Å². The Balaban J connectivity index is 1.74. The van der Waals surface area contributed by atoms with Crippen molar-refractivity contribution in [1.29, 1.82) is 0 Å². The first kappa shape index (κ1) is 14.7. The summed E-state index contributed by atoms with van der Waals surface area (Å²) in [5.41, 5.74) is 2.79. The Morgan fingerprint density at radius 3 is 2.67 bits per heavy atom. The summed E-state index contributed by atoms with van der Waals surface area (Å²) < 4.78 is 0. The average molecular weight is 300 g/mol. The van der Waals surface area contributed by atoms with Crippen LogP contribution in [0.15, 0.2) is 30.3 Å². The van der Waals surface area contributed by atoms with Crippen LogP contribution < -0.4 is 5.32 Å². The average Bonchev–Trinajstić information content (AvgIpc) is 2.97. The van der Waals surface area contributed by atoms with Gasteiger partial charge in [-0.15, -0.1) is 11.3 Å². The van der Waals surface area contributed by atoms with E-state index in [2.05, 4.69) is 49.6 Å². The van der Waals surface area contributed by atoms with E-state index in [4.69, 9.17) is 4.98 Å². The molecule has 1 aromatic carbocycles. The number of benzene rings is 1. The van der Waals surface area contributed by atoms with Gasteiger partial charge in [0.1, 0.15) is 5.01 Å². The first-order chi connectivity index (χ1) is 10.3. The third-order valence-corrected chi connectivity index (χ3v) is 5.74. The Labute approximate surface area is 131 Å². The number of nitrogens with one attached hydrogen (secondary N) is 1. The van der Waals surface area contributed by atoms with Gasteiger partial charge in [0.25, 0.3) is 0 Å². The standard InChI is InChI=1S/C18H24N2S/c1-13(14-8-4-3-5-9-14)12-16(19-2)18-20-15-10-6-7-11-17(15)21-18/h3-5,8-9,13,16,19H,6-7,10-12H2,1-2H3. The number of thiazole rings is 1. The van der Waals surface area contributed by atoms with Crippen LogP contribution in [0.25, 0.3) is 0 Å². The smallest absolute Gasteiger partial charge is 0.110 e. The molecule has 1 heterocycles. The number of nitrogens with zero attached hydrogens (tertiary/aromatic N) is 1. The molecule has 2 unspecified atom stereocenters. The normalized spacial score (nSPS) is 17.2. The minimum atomic E-state index is 0.371. The van der Waals surface area contributed by atoms with E-state index in [1.807, 2.05) is 11.3 Å². The molecule has 2 nitrogen and oxygen atoms in total. The largest absolute Gasteiger partial charge is 0.311 e. The van der Waals surface area contributed by atoms with Crippen molar-refractivity contribution in [2.45, 2.75) is 51.0 Å². The van der Waals surface area contributed by atoms with Crippen molar-refractivity contribution >= 4 is 11.3 Å². The predicted octanol–water partition coefficient (Wildman–Crippen LogP) is 4.48. The molecule has 1 aromatic heterocycles. The van der Waals surface area contributed by atoms with Gasteiger partial charge in [-0.1, -0.05) is 37.3 Å². The lowest BCUT2D eigenvalue weighted by Crippen LogP contribution is -2.18. The molecule has 0 amide bonds. The summed E-state index contributed by atoms with van der Waals surface area (Å²) in [6.07, 6.45) is 6.15. The number of hydrogen-bond donors (Lipinski definition) is 1. The van der Waals surface area contributed by atoms with E-state index in [1.54, 1.807) is 0 Å². The maximum absolute atomic E-state index is 4.92. The molecule has 1 N–H and O–H groups in total. The molecule has 0 bridgehead atoms. The lowest BCUT2D eigenvalue weighted by molar-refractivity contribution is 0.498. The lowest BCUT2D eigenvalue weighted by atomic mass is 9.94. The summed E-state index contributed by atoms with van der Waals surface area (Å²) in [5, 5.41) is 4.76. The second-order valence-electron chi connectivity index (χ2n) is 6.02. The first-order valence-corrected chi connectivity index (χ1v) is 8.80. The summed E-state index contributed by atoms with van der Waals surface area (Å²) in [7, 11) is 2.06. The Morgan fingerprint density at radius 2 is 1.95 bits per heavy atom. The molecular formula is C18H24N2S. The molecule has 1 aliphatic carbocycles. The highest BCUT2D eigenvalue weighted by molar-refractivity contribution is 7.11. The molecule has 0 fully saturated rings. The fourth-order valence-electron chi connectivity index (χ4n) is 3.13. The Morgan fingerprint density at radius 1 is 1.19 bits per heavy atom. The number of hydrogen-bond acceptors (Lipinski definition) is 3. The maximum atomic E-state index is 4.92. The predicted molar refractivity (Wildman–Crippen MR) is 90.0 cm³/mol. The highest BCUT2D eigenvalue weighted by Crippen LogP contribution is 2.34. The van der Waals surface area contributed by atoms with Gasteiger partial charge in [-0.3, -0.25) is 0 Å². The zero-order chi connectivity index (χ0) is 14.7. The van der Waals surface area contributed by atoms with Crippen LogP contribution in [0.1, 0.15) is 59.3 Å². The fraction of sp³-hybridized carbons (Fsp3) is 0.500. The molecule has 21 heavy (non-hydrogen) atoms. The zero-order valence-electron chi connectivity index (χ0n) is 12.9. The summed E-state index contributed by atoms with van der Waals surface area (Å²) in [4.78, 5) is 6.46. The molecule has 0 saturated heterocycles. The van der Waals surface area contributed by atoms with Crippen molar-refractivity contribution in [3.8, 4) is 0 Å². The highest BCUT2D eigenvalue weighted by Gasteiger charge is 2.22. The van der Waals surface area contributed by atoms with Gasteiger partial charge in [0, 0.05) is 4.88 Å². The minimum absolute atomic E-state index is 0.371. The molecule has 3 heteroatoms. The van der Waals surface area contributed by atoms with Crippen LogP contribution in [0.2, 0.25) is 0 Å². The van der Waals surface area contributed by atoms with Gasteiger partial charge in [0.2, 0.25) is 0 Å². The second-order valence-corrected chi connectivity index (χ2v) is 7.13. The Bertz CT molecular complexity index is 553. The van der Waals surface area contributed by atoms with E-state index in [1.165, 1.54) is 46.8 Å². The van der Waals surface area contributed by atoms with E-state index in [0.717, 1.165) is 6.42 Å². The number of fused-ring (bicyclic) bond motifs is 1. The van der Waals surface area contributed by atoms with Gasteiger partial charge in [-0.05, 0) is 50.6 Å². The monoisotopic (exact) mass is 300 g/mol. The summed E-state index contributed by atoms with van der Waals surface area (Å²) >= 11 is 1.93. The van der Waals surface area contributed by atoms with Gasteiger partial charge in [0.15, 0.2) is 0 Å². The van der Waals surface area contributed by atoms with Crippen molar-refractivity contribution in [3.63, 3.8) is 0 Å². The van der Waals surface area contributed by atoms with E-state index in [9.17, 15) is 0 Å². The topological polar surface area (TPSA) is 24.9 Å². The van der Waals surface area contributed by atoms with Gasteiger partial charge in [-0.25, -0.2) is 4.98 Å². The molecule has 112 valence electrons. The summed E-state index contributed by atoms with van der Waals surface area (Å²) in [6, 6.07) is 11.2. The molecular weight excluding hydrogens is 276 g/mol. The summed E-state index contributed by atoms with van der Waals surface area (Å²) in [5.74, 6) is 0.546. The van der Waals surface area contributed by atoms with Crippen LogP contribution >= 0.6 is 11.3 Å². The maximum Gasteiger partial charge on any atom is 0.110 e. The van der Waals surface area contributed by atoms with E-state index in [0.29, 0.717) is 12.0 Å². The van der Waals surface area contributed by atoms with Crippen LogP contribution in [-0.2, 0) is 12.8 Å². The third kappa shape index (κ3) is 3.35. The number of rotatable bonds is 5. The van der Waals surface area contributed by atoms with Crippen molar-refractivity contribution in [1.82, 2.24) is 10.3 Å². The molecule has 3 rings (SSSR count). The molecule has 2 aromatic rings. The molecule has 2 atom stereocenters. The van der Waals surface area contributed by atoms with E-state index < -0.39 is 0 Å². The van der Waals surface area contributed by atoms with Gasteiger partial charge >= 0.3 is 0 Å². The van der Waals surface area contributed by atoms with Crippen LogP contribution in [0.5, 0.6) is 0 Å². The Kier molecular flexibility index (Phi) is 4.71. The van der Waals surface area contributed by atoms with E-state index in [-0.39, 0.29) is 0 Å². The van der Waals surface area contributed by atoms with Crippen LogP contribution in [0, 0.1) is 0 Å². The SMILES string of the molecule is CNC(CC(C)c1ccccc1)c1nc2c(s1)CCCC2. The van der Waals surface area contributed by atoms with Crippen LogP contribution in [0.4, 0.5) is 0 Å². The van der Waals surface area contributed by atoms with Gasteiger partial charge < -0.3 is 5.32 Å². The second kappa shape index (κ2) is 6.71. The lowest BCUT2D eigenvalue weighted by Gasteiger charge is -2.19. The molecule has 0 spiro atoms. The highest BCUT2D eigenvalue weighted by atomic mass is 32.1. The van der Waals surface area contributed by atoms with Crippen LogP contribution in [0.3, 0.4) is 0 Å². The molecule has 0 saturated carbocycles. The molecule has 0 radical (unpaired) electrons. The van der Waals surface area contributed by atoms with Gasteiger partial charge in [-0.2, -0.15) is 0 Å². The van der Waals surface area contributed by atoms with Crippen LogP contribution in [-0.4, -0.2) is 12.0 Å². The molecule has 0 aliphatic heterocycles. The van der Waals surface area contributed by atoms with Crippen molar-refractivity contribution < 1.29 is 0 Å². The zero-order valence-corrected chi connectivity index (χ0v) is 13.7. The fourth-order valence-corrected chi connectivity index (χ4v) is 4.41. The van der Waals surface area contributed by atoms with Gasteiger partial charge in [0.05, 0.1) is 11.7 Å². The third-order valence-electron chi connectivity index (χ3n) is 4.47. The van der Waals surface area contributed by atoms with Crippen molar-refractivity contribution in [2.75, 3.05) is 7.05 Å². The van der Waals surface area contributed by atoms with Crippen molar-refractivity contribution in [2.24, 2.45) is 0 Å². The van der Waals surface area contributed by atoms with E-state index >= 15 is 0 Å². The minimum Gasteiger partial charge on any atom is -0.311 e. The first-order valence-electron chi connectivity index (χ1n) is 7.98. The summed E-state index contributed by atoms with van der Waals surface area (Å²) in [6.45, 7) is 2.31. The quantitative estimate of drug-likeness (QED) is 0.881. The molecule has 1 aliphatic rings.